The first-order valence-electron chi connectivity index (χ1n) is 7.59. The lowest BCUT2D eigenvalue weighted by Gasteiger charge is -2.38. The van der Waals surface area contributed by atoms with Gasteiger partial charge < -0.3 is 10.1 Å². The molecule has 0 spiro atoms. The van der Waals surface area contributed by atoms with Gasteiger partial charge in [-0.15, -0.1) is 0 Å². The smallest absolute Gasteiger partial charge is 0.0572 e. The zero-order valence-corrected chi connectivity index (χ0v) is 12.9. The minimum absolute atomic E-state index is 0.521. The SMILES string of the molecule is COC1CCC(NCC2(SC)CCCCC2)CC1. The van der Waals surface area contributed by atoms with Gasteiger partial charge in [0.05, 0.1) is 6.10 Å². The van der Waals surface area contributed by atoms with Crippen molar-refractivity contribution in [1.29, 1.82) is 0 Å². The summed E-state index contributed by atoms with van der Waals surface area (Å²) in [5.74, 6) is 0. The van der Waals surface area contributed by atoms with E-state index in [1.807, 2.05) is 7.11 Å². The number of hydrogen-bond acceptors (Lipinski definition) is 3. The summed E-state index contributed by atoms with van der Waals surface area (Å²) in [6, 6.07) is 0.738. The Morgan fingerprint density at radius 1 is 1.11 bits per heavy atom. The Kier molecular flexibility index (Phi) is 5.84. The first-order chi connectivity index (χ1) is 8.78. The average Bonchev–Trinajstić information content (AvgIpc) is 2.47. The van der Waals surface area contributed by atoms with Crippen LogP contribution in [-0.4, -0.2) is 36.8 Å². The van der Waals surface area contributed by atoms with Crippen molar-refractivity contribution in [1.82, 2.24) is 5.32 Å². The van der Waals surface area contributed by atoms with Crippen LogP contribution >= 0.6 is 11.8 Å². The molecule has 2 fully saturated rings. The van der Waals surface area contributed by atoms with Gasteiger partial charge in [0.25, 0.3) is 0 Å². The Labute approximate surface area is 117 Å². The van der Waals surface area contributed by atoms with Crippen LogP contribution < -0.4 is 5.32 Å². The van der Waals surface area contributed by atoms with Crippen LogP contribution in [0.2, 0.25) is 0 Å². The van der Waals surface area contributed by atoms with E-state index >= 15 is 0 Å². The molecule has 106 valence electrons. The third-order valence-electron chi connectivity index (χ3n) is 4.92. The van der Waals surface area contributed by atoms with Crippen LogP contribution in [0.15, 0.2) is 0 Å². The second kappa shape index (κ2) is 7.16. The van der Waals surface area contributed by atoms with Gasteiger partial charge in [0.2, 0.25) is 0 Å². The minimum Gasteiger partial charge on any atom is -0.381 e. The van der Waals surface area contributed by atoms with Crippen LogP contribution in [0.5, 0.6) is 0 Å². The molecule has 0 heterocycles. The van der Waals surface area contributed by atoms with Gasteiger partial charge in [-0.05, 0) is 44.8 Å². The third-order valence-corrected chi connectivity index (χ3v) is 6.34. The van der Waals surface area contributed by atoms with Gasteiger partial charge in [0, 0.05) is 24.4 Å². The van der Waals surface area contributed by atoms with E-state index in [9.17, 15) is 0 Å². The van der Waals surface area contributed by atoms with Crippen LogP contribution in [0.25, 0.3) is 0 Å². The molecule has 0 bridgehead atoms. The number of hydrogen-bond donors (Lipinski definition) is 1. The highest BCUT2D eigenvalue weighted by molar-refractivity contribution is 8.00. The van der Waals surface area contributed by atoms with Crippen LogP contribution in [0, 0.1) is 0 Å². The number of methoxy groups -OCH3 is 1. The second-order valence-corrected chi connectivity index (χ2v) is 7.31. The number of thioether (sulfide) groups is 1. The molecule has 3 heteroatoms. The fourth-order valence-electron chi connectivity index (χ4n) is 3.48. The fourth-order valence-corrected chi connectivity index (χ4v) is 4.41. The summed E-state index contributed by atoms with van der Waals surface area (Å²) in [4.78, 5) is 0. The lowest BCUT2D eigenvalue weighted by molar-refractivity contribution is 0.0621. The van der Waals surface area contributed by atoms with Crippen molar-refractivity contribution in [3.63, 3.8) is 0 Å². The van der Waals surface area contributed by atoms with Crippen molar-refractivity contribution in [3.05, 3.63) is 0 Å². The Morgan fingerprint density at radius 3 is 2.33 bits per heavy atom. The summed E-state index contributed by atoms with van der Waals surface area (Å²) < 4.78 is 5.98. The quantitative estimate of drug-likeness (QED) is 0.825. The highest BCUT2D eigenvalue weighted by atomic mass is 32.2. The largest absolute Gasteiger partial charge is 0.381 e. The molecule has 0 aromatic rings. The topological polar surface area (TPSA) is 21.3 Å². The van der Waals surface area contributed by atoms with Gasteiger partial charge in [-0.3, -0.25) is 0 Å². The molecule has 0 aromatic heterocycles. The molecule has 0 unspecified atom stereocenters. The van der Waals surface area contributed by atoms with Crippen molar-refractivity contribution in [2.75, 3.05) is 19.9 Å². The molecule has 2 aliphatic carbocycles. The molecule has 0 aromatic carbocycles. The molecule has 2 saturated carbocycles. The maximum Gasteiger partial charge on any atom is 0.0572 e. The molecular weight excluding hydrogens is 242 g/mol. The predicted octanol–water partition coefficient (Wildman–Crippen LogP) is 3.60. The van der Waals surface area contributed by atoms with Crippen molar-refractivity contribution in [3.8, 4) is 0 Å². The molecule has 0 radical (unpaired) electrons. The lowest BCUT2D eigenvalue weighted by Crippen LogP contribution is -2.45. The first kappa shape index (κ1) is 14.7. The number of rotatable bonds is 5. The predicted molar refractivity (Wildman–Crippen MR) is 80.4 cm³/mol. The van der Waals surface area contributed by atoms with E-state index in [-0.39, 0.29) is 0 Å². The molecule has 0 aliphatic heterocycles. The minimum atomic E-state index is 0.521. The second-order valence-electron chi connectivity index (χ2n) is 6.04. The Bertz CT molecular complexity index is 233. The summed E-state index contributed by atoms with van der Waals surface area (Å²) in [5.41, 5.74) is 0. The van der Waals surface area contributed by atoms with E-state index in [1.54, 1.807) is 0 Å². The molecule has 18 heavy (non-hydrogen) atoms. The molecule has 0 saturated heterocycles. The Balaban J connectivity index is 1.73. The van der Waals surface area contributed by atoms with Crippen molar-refractivity contribution in [2.45, 2.75) is 74.7 Å². The summed E-state index contributed by atoms with van der Waals surface area (Å²) >= 11 is 2.10. The highest BCUT2D eigenvalue weighted by Gasteiger charge is 2.32. The van der Waals surface area contributed by atoms with E-state index in [4.69, 9.17) is 4.74 Å². The number of nitrogens with one attached hydrogen (secondary N) is 1. The average molecular weight is 271 g/mol. The molecule has 2 nitrogen and oxygen atoms in total. The summed E-state index contributed by atoms with van der Waals surface area (Å²) in [5, 5.41) is 3.85. The summed E-state index contributed by atoms with van der Waals surface area (Å²) in [7, 11) is 1.85. The zero-order valence-electron chi connectivity index (χ0n) is 12.0. The van der Waals surface area contributed by atoms with Crippen LogP contribution in [0.1, 0.15) is 57.8 Å². The molecule has 2 aliphatic rings. The van der Waals surface area contributed by atoms with Crippen LogP contribution in [0.3, 0.4) is 0 Å². The van der Waals surface area contributed by atoms with E-state index in [1.165, 1.54) is 64.3 Å². The van der Waals surface area contributed by atoms with Crippen LogP contribution in [0.4, 0.5) is 0 Å². The first-order valence-corrected chi connectivity index (χ1v) is 8.82. The van der Waals surface area contributed by atoms with Crippen LogP contribution in [-0.2, 0) is 4.74 Å². The normalized spacial score (nSPS) is 32.3. The summed E-state index contributed by atoms with van der Waals surface area (Å²) in [6.07, 6.45) is 15.0. The van der Waals surface area contributed by atoms with Crippen molar-refractivity contribution < 1.29 is 4.74 Å². The van der Waals surface area contributed by atoms with Gasteiger partial charge in [-0.2, -0.15) is 11.8 Å². The molecule has 1 N–H and O–H groups in total. The van der Waals surface area contributed by atoms with Gasteiger partial charge >= 0.3 is 0 Å². The third kappa shape index (κ3) is 3.88. The zero-order chi connectivity index (χ0) is 12.8. The van der Waals surface area contributed by atoms with Gasteiger partial charge in [0.15, 0.2) is 0 Å². The number of ether oxygens (including phenoxy) is 1. The van der Waals surface area contributed by atoms with E-state index in [0.717, 1.165) is 6.04 Å². The fraction of sp³-hybridized carbons (Fsp3) is 1.00. The van der Waals surface area contributed by atoms with Gasteiger partial charge in [0.1, 0.15) is 0 Å². The van der Waals surface area contributed by atoms with E-state index in [2.05, 4.69) is 23.3 Å². The molecular formula is C15H29NOS. The summed E-state index contributed by atoms with van der Waals surface area (Å²) in [6.45, 7) is 1.22. The Morgan fingerprint density at radius 2 is 1.78 bits per heavy atom. The lowest BCUT2D eigenvalue weighted by atomic mass is 9.87. The monoisotopic (exact) mass is 271 g/mol. The van der Waals surface area contributed by atoms with E-state index in [0.29, 0.717) is 10.9 Å². The van der Waals surface area contributed by atoms with Gasteiger partial charge in [-0.1, -0.05) is 19.3 Å². The maximum absolute atomic E-state index is 5.44. The molecule has 0 amide bonds. The highest BCUT2D eigenvalue weighted by Crippen LogP contribution is 2.38. The van der Waals surface area contributed by atoms with Gasteiger partial charge in [-0.25, -0.2) is 0 Å². The Hall–Kier alpha value is 0.270. The maximum atomic E-state index is 5.44. The van der Waals surface area contributed by atoms with E-state index < -0.39 is 0 Å². The molecule has 2 rings (SSSR count). The standard InChI is InChI=1S/C15H29NOS/c1-17-14-8-6-13(7-9-14)16-12-15(18-2)10-4-3-5-11-15/h13-14,16H,3-12H2,1-2H3. The van der Waals surface area contributed by atoms with Crippen molar-refractivity contribution >= 4 is 11.8 Å². The molecule has 0 atom stereocenters. The van der Waals surface area contributed by atoms with Crippen molar-refractivity contribution in [2.24, 2.45) is 0 Å².